The fourth-order valence-corrected chi connectivity index (χ4v) is 3.56. The van der Waals surface area contributed by atoms with Gasteiger partial charge in [0.25, 0.3) is 0 Å². The predicted molar refractivity (Wildman–Crippen MR) is 115 cm³/mol. The second-order valence-corrected chi connectivity index (χ2v) is 6.87. The first-order chi connectivity index (χ1) is 14.7. The molecule has 6 heteroatoms. The maximum Gasteiger partial charge on any atom is 0.342 e. The summed E-state index contributed by atoms with van der Waals surface area (Å²) in [6.07, 6.45) is 4.55. The highest BCUT2D eigenvalue weighted by Crippen LogP contribution is 2.39. The maximum absolute atomic E-state index is 12.9. The van der Waals surface area contributed by atoms with Crippen LogP contribution in [-0.4, -0.2) is 24.2 Å². The quantitative estimate of drug-likeness (QED) is 0.292. The molecule has 2 aromatic carbocycles. The zero-order valence-corrected chi connectivity index (χ0v) is 16.7. The lowest BCUT2D eigenvalue weighted by atomic mass is 9.98. The van der Waals surface area contributed by atoms with Crippen LogP contribution in [0.15, 0.2) is 69.9 Å². The highest BCUT2D eigenvalue weighted by molar-refractivity contribution is 6.10. The lowest BCUT2D eigenvalue weighted by Crippen LogP contribution is -2.07. The third-order valence-corrected chi connectivity index (χ3v) is 4.91. The van der Waals surface area contributed by atoms with E-state index in [-0.39, 0.29) is 12.4 Å². The number of carbonyl (C=O) groups is 1. The molecular formula is C24H23NO5. The van der Waals surface area contributed by atoms with Gasteiger partial charge in [-0.25, -0.2) is 4.79 Å². The van der Waals surface area contributed by atoms with Crippen molar-refractivity contribution in [1.29, 1.82) is 0 Å². The Morgan fingerprint density at radius 2 is 1.97 bits per heavy atom. The van der Waals surface area contributed by atoms with Crippen LogP contribution in [0.4, 0.5) is 5.69 Å². The van der Waals surface area contributed by atoms with E-state index in [9.17, 15) is 9.90 Å². The van der Waals surface area contributed by atoms with Crippen LogP contribution in [0.2, 0.25) is 0 Å². The van der Waals surface area contributed by atoms with E-state index >= 15 is 0 Å². The van der Waals surface area contributed by atoms with Crippen LogP contribution in [0.5, 0.6) is 5.75 Å². The summed E-state index contributed by atoms with van der Waals surface area (Å²) in [6, 6.07) is 14.6. The molecule has 4 rings (SSSR count). The summed E-state index contributed by atoms with van der Waals surface area (Å²) in [5.41, 5.74) is 3.26. The third-order valence-electron chi connectivity index (χ3n) is 4.91. The molecule has 0 radical (unpaired) electrons. The Bertz CT molecular complexity index is 1130. The van der Waals surface area contributed by atoms with Gasteiger partial charge in [0.1, 0.15) is 28.9 Å². The minimum atomic E-state index is -0.460. The van der Waals surface area contributed by atoms with E-state index in [0.29, 0.717) is 40.8 Å². The molecule has 0 bridgehead atoms. The van der Waals surface area contributed by atoms with Crippen LogP contribution in [0.25, 0.3) is 22.3 Å². The molecule has 0 aliphatic heterocycles. The zero-order chi connectivity index (χ0) is 20.9. The fraction of sp³-hybridized carbons (Fsp3) is 0.208. The summed E-state index contributed by atoms with van der Waals surface area (Å²) >= 11 is 0. The van der Waals surface area contributed by atoms with Gasteiger partial charge in [0, 0.05) is 23.1 Å². The predicted octanol–water partition coefficient (Wildman–Crippen LogP) is 5.62. The standard InChI is InChI=1S/C24H23NO5/c1-2-29-24(27)22-21-18(9-6-13-25-17-12-14-28-15-17)19(26)10-11-20(21)30-23(22)16-7-4-3-5-8-16/h3-5,7-8,10-12,14-15,25-26H,2,6,9,13H2,1H3. The van der Waals surface area contributed by atoms with Crippen molar-refractivity contribution in [2.45, 2.75) is 19.8 Å². The van der Waals surface area contributed by atoms with Crippen molar-refractivity contribution in [2.75, 3.05) is 18.5 Å². The second-order valence-electron chi connectivity index (χ2n) is 6.87. The Kier molecular flexibility index (Phi) is 5.75. The molecule has 0 unspecified atom stereocenters. The van der Waals surface area contributed by atoms with Crippen LogP contribution in [0, 0.1) is 0 Å². The molecule has 0 saturated carbocycles. The molecule has 0 saturated heterocycles. The van der Waals surface area contributed by atoms with Crippen LogP contribution in [-0.2, 0) is 11.2 Å². The van der Waals surface area contributed by atoms with E-state index in [0.717, 1.165) is 17.7 Å². The number of carbonyl (C=O) groups excluding carboxylic acids is 1. The van der Waals surface area contributed by atoms with Crippen molar-refractivity contribution < 1.29 is 23.5 Å². The van der Waals surface area contributed by atoms with Crippen molar-refractivity contribution in [3.63, 3.8) is 0 Å². The number of phenolic OH excluding ortho intramolecular Hbond substituents is 1. The van der Waals surface area contributed by atoms with Crippen molar-refractivity contribution in [3.8, 4) is 17.1 Å². The van der Waals surface area contributed by atoms with E-state index < -0.39 is 5.97 Å². The molecule has 0 aliphatic rings. The van der Waals surface area contributed by atoms with Crippen molar-refractivity contribution in [3.05, 3.63) is 72.2 Å². The Morgan fingerprint density at radius 3 is 2.70 bits per heavy atom. The van der Waals surface area contributed by atoms with Gasteiger partial charge in [-0.15, -0.1) is 0 Å². The van der Waals surface area contributed by atoms with E-state index in [1.807, 2.05) is 36.4 Å². The molecular weight excluding hydrogens is 382 g/mol. The topological polar surface area (TPSA) is 84.8 Å². The van der Waals surface area contributed by atoms with Gasteiger partial charge >= 0.3 is 5.97 Å². The Labute approximate surface area is 174 Å². The zero-order valence-electron chi connectivity index (χ0n) is 16.7. The number of esters is 1. The molecule has 0 atom stereocenters. The first-order valence-electron chi connectivity index (χ1n) is 9.95. The first-order valence-corrected chi connectivity index (χ1v) is 9.95. The van der Waals surface area contributed by atoms with E-state index in [1.54, 1.807) is 31.6 Å². The van der Waals surface area contributed by atoms with Crippen molar-refractivity contribution >= 4 is 22.6 Å². The van der Waals surface area contributed by atoms with Gasteiger partial charge in [0.05, 0.1) is 18.6 Å². The Hall–Kier alpha value is -3.67. The summed E-state index contributed by atoms with van der Waals surface area (Å²) < 4.78 is 16.4. The third kappa shape index (κ3) is 3.89. The molecule has 4 aromatic rings. The number of rotatable bonds is 8. The highest BCUT2D eigenvalue weighted by atomic mass is 16.5. The smallest absolute Gasteiger partial charge is 0.342 e. The van der Waals surface area contributed by atoms with E-state index in [2.05, 4.69) is 5.32 Å². The minimum Gasteiger partial charge on any atom is -0.508 e. The number of nitrogens with one attached hydrogen (secondary N) is 1. The van der Waals surface area contributed by atoms with Crippen molar-refractivity contribution in [1.82, 2.24) is 0 Å². The minimum absolute atomic E-state index is 0.136. The lowest BCUT2D eigenvalue weighted by molar-refractivity contribution is 0.0528. The summed E-state index contributed by atoms with van der Waals surface area (Å²) in [5, 5.41) is 14.4. The van der Waals surface area contributed by atoms with Crippen LogP contribution in [0.1, 0.15) is 29.3 Å². The fourth-order valence-electron chi connectivity index (χ4n) is 3.56. The van der Waals surface area contributed by atoms with Gasteiger partial charge in [-0.2, -0.15) is 0 Å². The molecule has 0 amide bonds. The molecule has 0 fully saturated rings. The van der Waals surface area contributed by atoms with Gasteiger partial charge in [-0.05, 0) is 38.0 Å². The van der Waals surface area contributed by atoms with E-state index in [4.69, 9.17) is 13.6 Å². The number of anilines is 1. The first kappa shape index (κ1) is 19.6. The average molecular weight is 405 g/mol. The molecule has 2 aromatic heterocycles. The molecule has 0 spiro atoms. The van der Waals surface area contributed by atoms with Gasteiger partial charge in [-0.1, -0.05) is 30.3 Å². The van der Waals surface area contributed by atoms with Crippen LogP contribution < -0.4 is 5.32 Å². The van der Waals surface area contributed by atoms with Gasteiger partial charge in [0.15, 0.2) is 0 Å². The number of benzene rings is 2. The number of aromatic hydroxyl groups is 1. The number of hydrogen-bond donors (Lipinski definition) is 2. The number of phenols is 1. The molecule has 2 heterocycles. The van der Waals surface area contributed by atoms with Crippen molar-refractivity contribution in [2.24, 2.45) is 0 Å². The number of hydrogen-bond acceptors (Lipinski definition) is 6. The maximum atomic E-state index is 12.9. The summed E-state index contributed by atoms with van der Waals surface area (Å²) in [6.45, 7) is 2.71. The normalized spacial score (nSPS) is 11.0. The molecule has 30 heavy (non-hydrogen) atoms. The highest BCUT2D eigenvalue weighted by Gasteiger charge is 2.26. The van der Waals surface area contributed by atoms with E-state index in [1.165, 1.54) is 0 Å². The lowest BCUT2D eigenvalue weighted by Gasteiger charge is -2.09. The molecule has 0 aliphatic carbocycles. The number of furan rings is 2. The average Bonchev–Trinajstić information content (AvgIpc) is 3.41. The molecule has 2 N–H and O–H groups in total. The summed E-state index contributed by atoms with van der Waals surface area (Å²) in [5.74, 6) is 0.127. The monoisotopic (exact) mass is 405 g/mol. The number of aryl methyl sites for hydroxylation is 1. The molecule has 154 valence electrons. The van der Waals surface area contributed by atoms with Gasteiger partial charge in [-0.3, -0.25) is 0 Å². The summed E-state index contributed by atoms with van der Waals surface area (Å²) in [4.78, 5) is 12.9. The Balaban J connectivity index is 1.73. The van der Waals surface area contributed by atoms with Crippen LogP contribution >= 0.6 is 0 Å². The number of fused-ring (bicyclic) bond motifs is 1. The summed E-state index contributed by atoms with van der Waals surface area (Å²) in [7, 11) is 0. The SMILES string of the molecule is CCOC(=O)c1c(-c2ccccc2)oc2ccc(O)c(CCCNc3ccoc3)c12. The van der Waals surface area contributed by atoms with Crippen LogP contribution in [0.3, 0.4) is 0 Å². The Morgan fingerprint density at radius 1 is 1.13 bits per heavy atom. The second kappa shape index (κ2) is 8.78. The van der Waals surface area contributed by atoms with Gasteiger partial charge in [0.2, 0.25) is 0 Å². The van der Waals surface area contributed by atoms with Gasteiger partial charge < -0.3 is 24.0 Å². The number of ether oxygens (including phenoxy) is 1. The largest absolute Gasteiger partial charge is 0.508 e. The molecule has 6 nitrogen and oxygen atoms in total.